The van der Waals surface area contributed by atoms with Crippen LogP contribution in [0.5, 0.6) is 0 Å². The normalized spacial score (nSPS) is 12.6. The number of hydrogen-bond donors (Lipinski definition) is 1. The molecule has 0 aliphatic carbocycles. The number of nitrogens with one attached hydrogen (secondary N) is 1. The summed E-state index contributed by atoms with van der Waals surface area (Å²) in [5, 5.41) is 3.08. The molecule has 4 aromatic rings. The van der Waals surface area contributed by atoms with Crippen LogP contribution in [0.25, 0.3) is 0 Å². The molecule has 0 saturated heterocycles. The smallest absolute Gasteiger partial charge is 0.264 e. The van der Waals surface area contributed by atoms with Crippen molar-refractivity contribution in [1.82, 2.24) is 10.2 Å². The van der Waals surface area contributed by atoms with Gasteiger partial charge in [0.1, 0.15) is 12.6 Å². The number of carbonyl (C=O) groups is 2. The second-order valence-electron chi connectivity index (χ2n) is 11.6. The van der Waals surface area contributed by atoms with Crippen molar-refractivity contribution in [3.63, 3.8) is 0 Å². The summed E-state index contributed by atoms with van der Waals surface area (Å²) in [6, 6.07) is 30.0. The van der Waals surface area contributed by atoms with E-state index in [-0.39, 0.29) is 29.8 Å². The van der Waals surface area contributed by atoms with Gasteiger partial charge in [0.25, 0.3) is 10.0 Å². The first-order chi connectivity index (χ1) is 21.5. The number of hydrogen-bond acceptors (Lipinski definition) is 4. The Labute approximate surface area is 268 Å². The molecule has 0 bridgehead atoms. The van der Waals surface area contributed by atoms with Gasteiger partial charge >= 0.3 is 0 Å². The van der Waals surface area contributed by atoms with E-state index >= 15 is 0 Å². The number of nitrogens with zero attached hydrogens (tertiary/aromatic N) is 2. The lowest BCUT2D eigenvalue weighted by Crippen LogP contribution is -2.54. The Morgan fingerprint density at radius 3 is 2.07 bits per heavy atom. The number of anilines is 1. The highest BCUT2D eigenvalue weighted by Gasteiger charge is 2.35. The van der Waals surface area contributed by atoms with Crippen molar-refractivity contribution < 1.29 is 18.0 Å². The number of benzene rings is 4. The maximum absolute atomic E-state index is 14.6. The highest BCUT2D eigenvalue weighted by molar-refractivity contribution is 7.92. The molecule has 0 fully saturated rings. The van der Waals surface area contributed by atoms with Crippen LogP contribution in [0.15, 0.2) is 108 Å². The largest absolute Gasteiger partial charge is 0.352 e. The van der Waals surface area contributed by atoms with Crippen LogP contribution in [0, 0.1) is 20.8 Å². The third-order valence-corrected chi connectivity index (χ3v) is 9.89. The van der Waals surface area contributed by atoms with E-state index in [4.69, 9.17) is 0 Å². The lowest BCUT2D eigenvalue weighted by molar-refractivity contribution is -0.140. The van der Waals surface area contributed by atoms with E-state index in [2.05, 4.69) is 5.32 Å². The second kappa shape index (κ2) is 15.0. The van der Waals surface area contributed by atoms with Gasteiger partial charge < -0.3 is 10.2 Å². The predicted octanol–water partition coefficient (Wildman–Crippen LogP) is 6.36. The molecule has 2 amide bonds. The maximum atomic E-state index is 14.6. The molecule has 236 valence electrons. The Hall–Kier alpha value is -4.43. The number of aryl methyl sites for hydroxylation is 3. The molecule has 0 spiro atoms. The third kappa shape index (κ3) is 8.39. The topological polar surface area (TPSA) is 86.8 Å². The Morgan fingerprint density at radius 1 is 0.800 bits per heavy atom. The quantitative estimate of drug-likeness (QED) is 0.187. The minimum Gasteiger partial charge on any atom is -0.352 e. The summed E-state index contributed by atoms with van der Waals surface area (Å²) in [4.78, 5) is 30.3. The first kappa shape index (κ1) is 33.5. The molecule has 0 heterocycles. The summed E-state index contributed by atoms with van der Waals surface area (Å²) >= 11 is 0. The average Bonchev–Trinajstić information content (AvgIpc) is 3.04. The summed E-state index contributed by atoms with van der Waals surface area (Å²) in [5.41, 5.74) is 4.75. The summed E-state index contributed by atoms with van der Waals surface area (Å²) in [5.74, 6) is -0.752. The Balaban J connectivity index is 1.84. The summed E-state index contributed by atoms with van der Waals surface area (Å²) < 4.78 is 29.6. The van der Waals surface area contributed by atoms with Crippen LogP contribution < -0.4 is 9.62 Å². The number of carbonyl (C=O) groups excluding carboxylic acids is 2. The van der Waals surface area contributed by atoms with Gasteiger partial charge in [0.05, 0.1) is 10.6 Å². The van der Waals surface area contributed by atoms with Crippen LogP contribution in [-0.4, -0.2) is 43.8 Å². The number of amides is 2. The van der Waals surface area contributed by atoms with Crippen LogP contribution in [0.2, 0.25) is 0 Å². The summed E-state index contributed by atoms with van der Waals surface area (Å²) in [6.07, 6.45) is 1.00. The summed E-state index contributed by atoms with van der Waals surface area (Å²) in [6.45, 7) is 9.26. The van der Waals surface area contributed by atoms with E-state index in [0.29, 0.717) is 11.3 Å². The van der Waals surface area contributed by atoms with Crippen LogP contribution in [0.1, 0.15) is 48.1 Å². The third-order valence-electron chi connectivity index (χ3n) is 8.12. The minimum absolute atomic E-state index is 0.0829. The summed E-state index contributed by atoms with van der Waals surface area (Å²) in [7, 11) is -4.15. The van der Waals surface area contributed by atoms with Gasteiger partial charge in [0.2, 0.25) is 11.8 Å². The number of sulfonamides is 1. The molecule has 4 aromatic carbocycles. The van der Waals surface area contributed by atoms with Crippen molar-refractivity contribution in [2.75, 3.05) is 10.8 Å². The van der Waals surface area contributed by atoms with E-state index in [1.54, 1.807) is 29.2 Å². The Kier molecular flexibility index (Phi) is 11.2. The van der Waals surface area contributed by atoms with E-state index in [1.807, 2.05) is 101 Å². The molecule has 45 heavy (non-hydrogen) atoms. The predicted molar refractivity (Wildman–Crippen MR) is 180 cm³/mol. The molecule has 2 atom stereocenters. The second-order valence-corrected chi connectivity index (χ2v) is 13.4. The molecule has 7 nitrogen and oxygen atoms in total. The monoisotopic (exact) mass is 625 g/mol. The first-order valence-corrected chi connectivity index (χ1v) is 16.8. The first-order valence-electron chi connectivity index (χ1n) is 15.3. The van der Waals surface area contributed by atoms with Crippen LogP contribution in [0.4, 0.5) is 5.69 Å². The fourth-order valence-electron chi connectivity index (χ4n) is 5.19. The van der Waals surface area contributed by atoms with Gasteiger partial charge in [-0.3, -0.25) is 13.9 Å². The molecule has 0 aliphatic heterocycles. The Morgan fingerprint density at radius 2 is 1.42 bits per heavy atom. The van der Waals surface area contributed by atoms with E-state index in [9.17, 15) is 18.0 Å². The van der Waals surface area contributed by atoms with Gasteiger partial charge in [-0.2, -0.15) is 0 Å². The van der Waals surface area contributed by atoms with Gasteiger partial charge in [0.15, 0.2) is 0 Å². The van der Waals surface area contributed by atoms with Gasteiger partial charge in [-0.1, -0.05) is 91.9 Å². The van der Waals surface area contributed by atoms with Crippen LogP contribution in [0.3, 0.4) is 0 Å². The van der Waals surface area contributed by atoms with Gasteiger partial charge in [-0.25, -0.2) is 8.42 Å². The zero-order chi connectivity index (χ0) is 32.6. The van der Waals surface area contributed by atoms with Crippen LogP contribution >= 0.6 is 0 Å². The van der Waals surface area contributed by atoms with Crippen LogP contribution in [-0.2, 0) is 32.6 Å². The molecule has 0 aromatic heterocycles. The van der Waals surface area contributed by atoms with Crippen molar-refractivity contribution >= 4 is 27.5 Å². The fourth-order valence-corrected chi connectivity index (χ4v) is 6.68. The molecule has 0 saturated carbocycles. The number of rotatable bonds is 13. The highest BCUT2D eigenvalue weighted by atomic mass is 32.2. The minimum atomic E-state index is -4.15. The van der Waals surface area contributed by atoms with Crippen molar-refractivity contribution in [2.24, 2.45) is 0 Å². The molecule has 4 rings (SSSR count). The van der Waals surface area contributed by atoms with Crippen molar-refractivity contribution in [3.05, 3.63) is 131 Å². The lowest BCUT2D eigenvalue weighted by Gasteiger charge is -2.35. The molecule has 1 N–H and O–H groups in total. The van der Waals surface area contributed by atoms with Gasteiger partial charge in [-0.15, -0.1) is 0 Å². The molecular weight excluding hydrogens is 582 g/mol. The van der Waals surface area contributed by atoms with Crippen molar-refractivity contribution in [2.45, 2.75) is 71.0 Å². The standard InChI is InChI=1S/C37H43N3O4S/c1-6-30(5)38-37(42)35(24-31-16-9-7-10-17-31)39(25-32-18-14-13-15-28(32)3)36(41)26-40(34-23-27(2)21-22-29(34)4)45(43,44)33-19-11-8-12-20-33/h7-23,30,35H,6,24-26H2,1-5H3,(H,38,42)/t30-,35-/m1/s1. The lowest BCUT2D eigenvalue weighted by atomic mass is 10.0. The van der Waals surface area contributed by atoms with E-state index in [0.717, 1.165) is 28.7 Å². The molecule has 0 radical (unpaired) electrons. The zero-order valence-corrected chi connectivity index (χ0v) is 27.6. The molecule has 0 aliphatic rings. The highest BCUT2D eigenvalue weighted by Crippen LogP contribution is 2.29. The molecular formula is C37H43N3O4S. The Bertz CT molecular complexity index is 1710. The van der Waals surface area contributed by atoms with E-state index < -0.39 is 28.5 Å². The van der Waals surface area contributed by atoms with Gasteiger partial charge in [0, 0.05) is 19.0 Å². The SMILES string of the molecule is CC[C@@H](C)NC(=O)[C@@H](Cc1ccccc1)N(Cc1ccccc1C)C(=O)CN(c1cc(C)ccc1C)S(=O)(=O)c1ccccc1. The molecule has 8 heteroatoms. The van der Waals surface area contributed by atoms with Crippen molar-refractivity contribution in [3.8, 4) is 0 Å². The van der Waals surface area contributed by atoms with Gasteiger partial charge in [-0.05, 0) is 80.1 Å². The maximum Gasteiger partial charge on any atom is 0.264 e. The molecule has 0 unspecified atom stereocenters. The average molecular weight is 626 g/mol. The zero-order valence-electron chi connectivity index (χ0n) is 26.7. The van der Waals surface area contributed by atoms with Crippen molar-refractivity contribution in [1.29, 1.82) is 0 Å². The fraction of sp³-hybridized carbons (Fsp3) is 0.297. The van der Waals surface area contributed by atoms with E-state index in [1.165, 1.54) is 16.4 Å².